The fraction of sp³-hybridized carbons (Fsp3) is 0.0273. The molecule has 0 atom stereocenters. The number of para-hydroxylation sites is 4. The van der Waals surface area contributed by atoms with Crippen LogP contribution in [0.15, 0.2) is 394 Å². The van der Waals surface area contributed by atoms with Gasteiger partial charge in [0.15, 0.2) is 58.1 Å². The maximum absolute atomic E-state index is 6.27. The molecule has 123 heavy (non-hydrogen) atoms. The van der Waals surface area contributed by atoms with Crippen molar-refractivity contribution in [2.75, 3.05) is 4.90 Å². The summed E-state index contributed by atoms with van der Waals surface area (Å²) in [7, 11) is -1.50. The highest BCUT2D eigenvalue weighted by Crippen LogP contribution is 2.50. The maximum Gasteiger partial charge on any atom is 0.239 e. The number of thiophene rings is 1. The van der Waals surface area contributed by atoms with Gasteiger partial charge in [0.1, 0.15) is 0 Å². The smallest absolute Gasteiger partial charge is 0.239 e. The second kappa shape index (κ2) is 30.9. The van der Waals surface area contributed by atoms with Crippen LogP contribution in [0.1, 0.15) is 0 Å². The Labute approximate surface area is 714 Å². The van der Waals surface area contributed by atoms with Crippen molar-refractivity contribution in [3.05, 3.63) is 394 Å². The molecular formula is C110H74N10OSSi. The van der Waals surface area contributed by atoms with Gasteiger partial charge >= 0.3 is 0 Å². The van der Waals surface area contributed by atoms with Crippen LogP contribution in [0, 0.1) is 0 Å². The molecule has 1 aliphatic heterocycles. The zero-order chi connectivity index (χ0) is 82.1. The topological polar surface area (TPSA) is 128 Å². The zero-order valence-corrected chi connectivity index (χ0v) is 69.1. The zero-order valence-electron chi connectivity index (χ0n) is 67.3. The highest BCUT2D eigenvalue weighted by Gasteiger charge is 2.30. The number of aromatic nitrogens is 9. The lowest BCUT2D eigenvalue weighted by atomic mass is 9.96. The lowest BCUT2D eigenvalue weighted by Crippen LogP contribution is -2.37. The van der Waals surface area contributed by atoms with E-state index < -0.39 is 8.07 Å². The molecule has 0 spiro atoms. The first kappa shape index (κ1) is 73.7. The van der Waals surface area contributed by atoms with Gasteiger partial charge in [-0.2, -0.15) is 9.97 Å². The molecule has 11 nitrogen and oxygen atoms in total. The molecule has 0 amide bonds. The minimum absolute atomic E-state index is 0.529. The number of nitrogens with zero attached hydrogens (tertiary/aromatic N) is 10. The average Bonchev–Trinajstić information content (AvgIpc) is 1.31. The summed E-state index contributed by atoms with van der Waals surface area (Å²) in [6.45, 7) is 7.09. The fourth-order valence-corrected chi connectivity index (χ4v) is 19.0. The molecular weight excluding hydrogens is 1540 g/mol. The van der Waals surface area contributed by atoms with Gasteiger partial charge in [0, 0.05) is 49.2 Å². The van der Waals surface area contributed by atoms with E-state index >= 15 is 0 Å². The molecule has 5 heterocycles. The SMILES string of the molecule is C[Si](C)(C)c1cccc(-c2nc(-c3ccccc3)nc(-c3ccc4ccc5c6ccccc6ccc5c4c3)n2)c1.c1ccc(-c2nc(-c3ccc4ccc5c6ccccc6ccc5c4c3)nc(N3c4ccccc4Oc4ccccc43)n2)cc1.c1ccc(-c2nc(-c3ccc4sccc4c3)nc(-c3ccc4ccc5c6ccccc6ccc5c4c3)n2)cc1. The number of hydrogen-bond donors (Lipinski definition) is 0. The Balaban J connectivity index is 0.000000110. The van der Waals surface area contributed by atoms with Gasteiger partial charge in [-0.15, -0.1) is 11.3 Å². The Morgan fingerprint density at radius 3 is 0.927 bits per heavy atom. The molecule has 580 valence electrons. The van der Waals surface area contributed by atoms with E-state index in [0.717, 1.165) is 72.8 Å². The van der Waals surface area contributed by atoms with Gasteiger partial charge in [-0.25, -0.2) is 34.9 Å². The molecule has 0 aliphatic carbocycles. The summed E-state index contributed by atoms with van der Waals surface area (Å²) in [6, 6.07) is 135. The molecule has 4 aromatic heterocycles. The second-order valence-corrected chi connectivity index (χ2v) is 38.0. The van der Waals surface area contributed by atoms with Gasteiger partial charge in [0.2, 0.25) is 5.95 Å². The Kier molecular flexibility index (Phi) is 18.5. The molecule has 0 N–H and O–H groups in total. The minimum atomic E-state index is -1.50. The number of benzene rings is 19. The molecule has 13 heteroatoms. The maximum atomic E-state index is 6.27. The first-order chi connectivity index (χ1) is 60.5. The Bertz CT molecular complexity index is 8080. The monoisotopic (exact) mass is 1610 g/mol. The van der Waals surface area contributed by atoms with Crippen molar-refractivity contribution >= 4 is 149 Å². The summed E-state index contributed by atoms with van der Waals surface area (Å²) in [5.74, 6) is 7.33. The van der Waals surface area contributed by atoms with E-state index in [-0.39, 0.29) is 0 Å². The van der Waals surface area contributed by atoms with Gasteiger partial charge in [-0.05, 0) is 174 Å². The molecule has 1 aliphatic rings. The van der Waals surface area contributed by atoms with Crippen LogP contribution in [0.2, 0.25) is 19.6 Å². The van der Waals surface area contributed by atoms with Crippen LogP contribution in [0.3, 0.4) is 0 Å². The van der Waals surface area contributed by atoms with Crippen molar-refractivity contribution in [3.63, 3.8) is 0 Å². The molecule has 0 radical (unpaired) electrons. The van der Waals surface area contributed by atoms with Gasteiger partial charge in [-0.3, -0.25) is 4.90 Å². The molecule has 0 unspecified atom stereocenters. The summed E-state index contributed by atoms with van der Waals surface area (Å²) >= 11 is 1.74. The number of hydrogen-bond acceptors (Lipinski definition) is 12. The van der Waals surface area contributed by atoms with Crippen molar-refractivity contribution < 1.29 is 4.74 Å². The Morgan fingerprint density at radius 1 is 0.220 bits per heavy atom. The predicted octanol–water partition coefficient (Wildman–Crippen LogP) is 28.7. The van der Waals surface area contributed by atoms with Crippen molar-refractivity contribution in [1.29, 1.82) is 0 Å². The first-order valence-electron chi connectivity index (χ1n) is 41.3. The van der Waals surface area contributed by atoms with Gasteiger partial charge < -0.3 is 4.74 Å². The molecule has 0 bridgehead atoms. The van der Waals surface area contributed by atoms with E-state index in [1.165, 1.54) is 107 Å². The molecule has 0 fully saturated rings. The lowest BCUT2D eigenvalue weighted by molar-refractivity contribution is 0.476. The van der Waals surface area contributed by atoms with Crippen LogP contribution in [-0.2, 0) is 0 Å². The van der Waals surface area contributed by atoms with Gasteiger partial charge in [0.25, 0.3) is 0 Å². The summed E-state index contributed by atoms with van der Waals surface area (Å²) in [6.07, 6.45) is 0. The fourth-order valence-electron chi connectivity index (χ4n) is 17.0. The molecule has 0 saturated heterocycles. The standard InChI is InChI=1S/C39H24N4O.C36H29N3Si.C35H21N3S/c1-2-11-27(12-3-1)37-40-38(42-39(41-37)43-33-14-6-8-16-35(33)44-36-17-9-7-15-34(36)43)28-19-18-26-21-22-30-29-13-5-4-10-25(29)20-23-31(30)32(26)24-28;1-40(2,3)29-14-9-13-27(22-29)35-37-34(26-11-5-4-6-12-26)38-36(39-35)28-17-16-25-19-20-31-30-15-8-7-10-24(30)18-21-32(31)33(25)23-28;1-2-7-24(8-3-1)33-36-34(26-14-17-32-25(20-26)18-19-39-32)38-35(37-33)27-11-10-23-13-15-29-28-9-5-4-6-22(28)12-16-30(29)31(23)21-27/h1-24H;4-23H,1-3H3;1-21H. The first-order valence-corrected chi connectivity index (χ1v) is 45.7. The molecule has 0 saturated carbocycles. The van der Waals surface area contributed by atoms with E-state index in [9.17, 15) is 0 Å². The van der Waals surface area contributed by atoms with Gasteiger partial charge in [0.05, 0.1) is 19.4 Å². The predicted molar refractivity (Wildman–Crippen MR) is 514 cm³/mol. The van der Waals surface area contributed by atoms with Crippen molar-refractivity contribution in [1.82, 2.24) is 44.9 Å². The van der Waals surface area contributed by atoms with E-state index in [2.05, 4.69) is 291 Å². The van der Waals surface area contributed by atoms with Crippen LogP contribution in [-0.4, -0.2) is 52.9 Å². The van der Waals surface area contributed by atoms with Crippen LogP contribution in [0.5, 0.6) is 11.5 Å². The third kappa shape index (κ3) is 14.0. The van der Waals surface area contributed by atoms with Crippen molar-refractivity contribution in [3.8, 4) is 103 Å². The summed E-state index contributed by atoms with van der Waals surface area (Å²) in [4.78, 5) is 47.2. The number of ether oxygens (including phenoxy) is 1. The lowest BCUT2D eigenvalue weighted by Gasteiger charge is -2.31. The molecule has 23 aromatic rings. The molecule has 19 aromatic carbocycles. The largest absolute Gasteiger partial charge is 0.453 e. The minimum Gasteiger partial charge on any atom is -0.453 e. The Hall–Kier alpha value is -15.7. The number of anilines is 3. The quantitative estimate of drug-likeness (QED) is 0.0959. The van der Waals surface area contributed by atoms with Crippen LogP contribution in [0.25, 0.3) is 198 Å². The van der Waals surface area contributed by atoms with Crippen molar-refractivity contribution in [2.24, 2.45) is 0 Å². The highest BCUT2D eigenvalue weighted by atomic mass is 32.1. The van der Waals surface area contributed by atoms with E-state index in [1.54, 1.807) is 11.3 Å². The molecule has 24 rings (SSSR count). The average molecular weight is 1610 g/mol. The van der Waals surface area contributed by atoms with Crippen LogP contribution in [0.4, 0.5) is 17.3 Å². The van der Waals surface area contributed by atoms with E-state index in [4.69, 9.17) is 49.6 Å². The van der Waals surface area contributed by atoms with Crippen LogP contribution < -0.4 is 14.8 Å². The van der Waals surface area contributed by atoms with Crippen LogP contribution >= 0.6 is 11.3 Å². The third-order valence-corrected chi connectivity index (χ3v) is 26.3. The Morgan fingerprint density at radius 2 is 0.520 bits per heavy atom. The van der Waals surface area contributed by atoms with Gasteiger partial charge in [-0.1, -0.05) is 346 Å². The number of rotatable bonds is 10. The summed E-state index contributed by atoms with van der Waals surface area (Å²) < 4.78 is 7.52. The van der Waals surface area contributed by atoms with E-state index in [0.29, 0.717) is 52.5 Å². The number of fused-ring (bicyclic) bond motifs is 18. The summed E-state index contributed by atoms with van der Waals surface area (Å²) in [5, 5.41) is 26.7. The van der Waals surface area contributed by atoms with Crippen molar-refractivity contribution in [2.45, 2.75) is 19.6 Å². The third-order valence-electron chi connectivity index (χ3n) is 23.3. The second-order valence-electron chi connectivity index (χ2n) is 32.0. The highest BCUT2D eigenvalue weighted by molar-refractivity contribution is 7.17. The summed E-state index contributed by atoms with van der Waals surface area (Å²) in [5.41, 5.74) is 9.51. The normalized spacial score (nSPS) is 11.9. The van der Waals surface area contributed by atoms with E-state index in [1.807, 2.05) is 127 Å².